The van der Waals surface area contributed by atoms with E-state index in [4.69, 9.17) is 4.74 Å². The average molecular weight is 250 g/mol. The highest BCUT2D eigenvalue weighted by molar-refractivity contribution is 5.44. The fraction of sp³-hybridized carbons (Fsp3) is 0.571. The maximum Gasteiger partial charge on any atom is 0.125 e. The highest BCUT2D eigenvalue weighted by Crippen LogP contribution is 2.33. The zero-order valence-electron chi connectivity index (χ0n) is 10.4. The van der Waals surface area contributed by atoms with Gasteiger partial charge in [0.15, 0.2) is 0 Å². The molecule has 4 heteroatoms. The van der Waals surface area contributed by atoms with Gasteiger partial charge in [-0.25, -0.2) is 4.39 Å². The Bertz CT molecular complexity index is 418. The molecule has 0 unspecified atom stereocenters. The van der Waals surface area contributed by atoms with Crippen molar-refractivity contribution in [3.8, 4) is 0 Å². The summed E-state index contributed by atoms with van der Waals surface area (Å²) in [5, 5.41) is 6.76. The maximum atomic E-state index is 13.1. The van der Waals surface area contributed by atoms with Gasteiger partial charge in [-0.1, -0.05) is 6.07 Å². The molecule has 2 N–H and O–H groups in total. The molecule has 2 aliphatic heterocycles. The molecule has 0 saturated carbocycles. The lowest BCUT2D eigenvalue weighted by Gasteiger charge is -2.33. The molecular weight excluding hydrogens is 231 g/mol. The van der Waals surface area contributed by atoms with Crippen LogP contribution >= 0.6 is 0 Å². The Morgan fingerprint density at radius 1 is 1.44 bits per heavy atom. The normalized spacial score (nSPS) is 31.7. The maximum absolute atomic E-state index is 13.1. The van der Waals surface area contributed by atoms with E-state index in [-0.39, 0.29) is 17.5 Å². The number of halogens is 1. The second kappa shape index (κ2) is 4.86. The minimum absolute atomic E-state index is 0.00322. The van der Waals surface area contributed by atoms with Crippen LogP contribution in [0, 0.1) is 5.82 Å². The first-order chi connectivity index (χ1) is 8.76. The molecule has 0 bridgehead atoms. The minimum Gasteiger partial charge on any atom is -0.380 e. The lowest BCUT2D eigenvalue weighted by atomic mass is 9.90. The van der Waals surface area contributed by atoms with Gasteiger partial charge in [-0.05, 0) is 44.0 Å². The Balaban J connectivity index is 1.62. The molecule has 1 aromatic rings. The third-order valence-corrected chi connectivity index (χ3v) is 3.84. The summed E-state index contributed by atoms with van der Waals surface area (Å²) in [6, 6.07) is 6.90. The van der Waals surface area contributed by atoms with Crippen LogP contribution in [0.4, 0.5) is 10.1 Å². The minimum atomic E-state index is -0.201. The predicted octanol–water partition coefficient (Wildman–Crippen LogP) is 2.15. The fourth-order valence-corrected chi connectivity index (χ4v) is 2.99. The lowest BCUT2D eigenvalue weighted by Crippen LogP contribution is -2.45. The quantitative estimate of drug-likeness (QED) is 0.843. The van der Waals surface area contributed by atoms with Crippen molar-refractivity contribution in [1.29, 1.82) is 0 Å². The molecule has 2 saturated heterocycles. The summed E-state index contributed by atoms with van der Waals surface area (Å²) in [6.07, 6.45) is 3.30. The molecule has 1 aromatic carbocycles. The second-order valence-corrected chi connectivity index (χ2v) is 5.33. The molecule has 2 heterocycles. The molecule has 18 heavy (non-hydrogen) atoms. The van der Waals surface area contributed by atoms with Crippen molar-refractivity contribution >= 4 is 5.69 Å². The SMILES string of the molecule is Fc1cccc(N[C@H]2CO[C@]3(CCCNC3)C2)c1. The summed E-state index contributed by atoms with van der Waals surface area (Å²) in [6.45, 7) is 2.74. The van der Waals surface area contributed by atoms with Crippen LogP contribution in [-0.2, 0) is 4.74 Å². The summed E-state index contributed by atoms with van der Waals surface area (Å²) < 4.78 is 19.1. The number of benzene rings is 1. The van der Waals surface area contributed by atoms with E-state index < -0.39 is 0 Å². The smallest absolute Gasteiger partial charge is 0.125 e. The van der Waals surface area contributed by atoms with E-state index in [0.29, 0.717) is 6.61 Å². The Morgan fingerprint density at radius 3 is 3.17 bits per heavy atom. The van der Waals surface area contributed by atoms with Gasteiger partial charge in [-0.2, -0.15) is 0 Å². The van der Waals surface area contributed by atoms with Gasteiger partial charge in [0.05, 0.1) is 18.2 Å². The van der Waals surface area contributed by atoms with Crippen LogP contribution in [0.1, 0.15) is 19.3 Å². The molecule has 98 valence electrons. The van der Waals surface area contributed by atoms with Crippen molar-refractivity contribution in [1.82, 2.24) is 5.32 Å². The fourth-order valence-electron chi connectivity index (χ4n) is 2.99. The molecule has 2 atom stereocenters. The predicted molar refractivity (Wildman–Crippen MR) is 69.2 cm³/mol. The van der Waals surface area contributed by atoms with E-state index in [1.165, 1.54) is 18.6 Å². The van der Waals surface area contributed by atoms with Crippen LogP contribution in [-0.4, -0.2) is 31.3 Å². The number of nitrogens with one attached hydrogen (secondary N) is 2. The molecule has 0 amide bonds. The molecule has 3 rings (SSSR count). The molecular formula is C14H19FN2O. The number of hydrogen-bond donors (Lipinski definition) is 2. The average Bonchev–Trinajstić information content (AvgIpc) is 2.73. The number of rotatable bonds is 2. The van der Waals surface area contributed by atoms with Crippen LogP contribution in [0.5, 0.6) is 0 Å². The summed E-state index contributed by atoms with van der Waals surface area (Å²) >= 11 is 0. The van der Waals surface area contributed by atoms with Crippen molar-refractivity contribution in [2.45, 2.75) is 30.9 Å². The van der Waals surface area contributed by atoms with Gasteiger partial charge in [-0.3, -0.25) is 0 Å². The van der Waals surface area contributed by atoms with Gasteiger partial charge in [0.25, 0.3) is 0 Å². The Labute approximate surface area is 107 Å². The van der Waals surface area contributed by atoms with Crippen molar-refractivity contribution in [2.75, 3.05) is 25.0 Å². The number of piperidine rings is 1. The highest BCUT2D eigenvalue weighted by atomic mass is 19.1. The van der Waals surface area contributed by atoms with E-state index in [9.17, 15) is 4.39 Å². The van der Waals surface area contributed by atoms with Crippen molar-refractivity contribution in [3.63, 3.8) is 0 Å². The lowest BCUT2D eigenvalue weighted by molar-refractivity contribution is -0.0138. The standard InChI is InChI=1S/C14H19FN2O/c15-11-3-1-4-12(7-11)17-13-8-14(18-9-13)5-2-6-16-10-14/h1,3-4,7,13,16-17H,2,5-6,8-10H2/t13-,14-/m1/s1. The van der Waals surface area contributed by atoms with Gasteiger partial charge >= 0.3 is 0 Å². The summed E-state index contributed by atoms with van der Waals surface area (Å²) in [4.78, 5) is 0. The monoisotopic (exact) mass is 250 g/mol. The van der Waals surface area contributed by atoms with Crippen LogP contribution in [0.2, 0.25) is 0 Å². The molecule has 2 aliphatic rings. The van der Waals surface area contributed by atoms with E-state index in [1.54, 1.807) is 6.07 Å². The number of anilines is 1. The van der Waals surface area contributed by atoms with Crippen molar-refractivity contribution < 1.29 is 9.13 Å². The Hall–Kier alpha value is -1.13. The first-order valence-corrected chi connectivity index (χ1v) is 6.63. The van der Waals surface area contributed by atoms with E-state index >= 15 is 0 Å². The molecule has 0 aromatic heterocycles. The van der Waals surface area contributed by atoms with Crippen LogP contribution in [0.15, 0.2) is 24.3 Å². The first kappa shape index (κ1) is 11.9. The largest absolute Gasteiger partial charge is 0.380 e. The van der Waals surface area contributed by atoms with Gasteiger partial charge < -0.3 is 15.4 Å². The topological polar surface area (TPSA) is 33.3 Å². The zero-order chi connectivity index (χ0) is 12.4. The van der Waals surface area contributed by atoms with E-state index in [0.717, 1.165) is 31.6 Å². The van der Waals surface area contributed by atoms with E-state index in [1.807, 2.05) is 6.07 Å². The molecule has 1 spiro atoms. The zero-order valence-corrected chi connectivity index (χ0v) is 10.4. The first-order valence-electron chi connectivity index (χ1n) is 6.63. The summed E-state index contributed by atoms with van der Waals surface area (Å²) in [5.74, 6) is -0.201. The van der Waals surface area contributed by atoms with Gasteiger partial charge in [0.2, 0.25) is 0 Å². The Morgan fingerprint density at radius 2 is 2.39 bits per heavy atom. The van der Waals surface area contributed by atoms with Crippen LogP contribution in [0.25, 0.3) is 0 Å². The number of hydrogen-bond acceptors (Lipinski definition) is 3. The van der Waals surface area contributed by atoms with Crippen LogP contribution in [0.3, 0.4) is 0 Å². The highest BCUT2D eigenvalue weighted by Gasteiger charge is 2.41. The summed E-state index contributed by atoms with van der Waals surface area (Å²) in [5.41, 5.74) is 0.841. The Kier molecular flexibility index (Phi) is 3.22. The van der Waals surface area contributed by atoms with Crippen LogP contribution < -0.4 is 10.6 Å². The van der Waals surface area contributed by atoms with Crippen molar-refractivity contribution in [2.24, 2.45) is 0 Å². The molecule has 2 fully saturated rings. The van der Waals surface area contributed by atoms with Crippen molar-refractivity contribution in [3.05, 3.63) is 30.1 Å². The third-order valence-electron chi connectivity index (χ3n) is 3.84. The van der Waals surface area contributed by atoms with E-state index in [2.05, 4.69) is 10.6 Å². The van der Waals surface area contributed by atoms with Gasteiger partial charge in [0, 0.05) is 12.2 Å². The van der Waals surface area contributed by atoms with Gasteiger partial charge in [0.1, 0.15) is 5.82 Å². The molecule has 0 radical (unpaired) electrons. The molecule has 3 nitrogen and oxygen atoms in total. The molecule has 0 aliphatic carbocycles. The summed E-state index contributed by atoms with van der Waals surface area (Å²) in [7, 11) is 0. The second-order valence-electron chi connectivity index (χ2n) is 5.33. The number of ether oxygens (including phenoxy) is 1. The third kappa shape index (κ3) is 2.49. The van der Waals surface area contributed by atoms with Gasteiger partial charge in [-0.15, -0.1) is 0 Å².